The van der Waals surface area contributed by atoms with Crippen LogP contribution in [0.3, 0.4) is 0 Å². The summed E-state index contributed by atoms with van der Waals surface area (Å²) in [6, 6.07) is 64.0. The first kappa shape index (κ1) is 34.8. The van der Waals surface area contributed by atoms with Crippen LogP contribution in [-0.4, -0.2) is 16.2 Å². The minimum Gasteiger partial charge on any atom is -0.449 e. The molecule has 59 heavy (non-hydrogen) atoms. The quantitative estimate of drug-likeness (QED) is 0.120. The zero-order chi connectivity index (χ0) is 39.3. The molecule has 0 saturated heterocycles. The molecule has 0 aliphatic carbocycles. The van der Waals surface area contributed by atoms with E-state index < -0.39 is 0 Å². The van der Waals surface area contributed by atoms with Gasteiger partial charge in [0.05, 0.1) is 11.2 Å². The van der Waals surface area contributed by atoms with Crippen molar-refractivity contribution in [2.75, 3.05) is 0 Å². The number of nitrogens with zero attached hydrogens (tertiary/aromatic N) is 3. The third kappa shape index (κ3) is 6.11. The number of para-hydroxylation sites is 2. The summed E-state index contributed by atoms with van der Waals surface area (Å²) in [6.07, 6.45) is 6.47. The SMILES string of the molecule is C/C=C\c1ccccc1/C=[N+](/c1ccc2c(c1)sc1ccccc12)c1ccc(-c2nc(-c3cccc(-c4ccccc4)c3)c3ccccc3n2)c2c1oc1ccccc12. The van der Waals surface area contributed by atoms with Crippen LogP contribution >= 0.6 is 11.3 Å². The van der Waals surface area contributed by atoms with E-state index in [0.29, 0.717) is 5.82 Å². The third-order valence-corrected chi connectivity index (χ3v) is 12.2. The molecule has 0 saturated carbocycles. The molecule has 0 fully saturated rings. The number of hydrogen-bond acceptors (Lipinski definition) is 4. The number of rotatable bonds is 7. The summed E-state index contributed by atoms with van der Waals surface area (Å²) in [5.41, 5.74) is 11.8. The maximum absolute atomic E-state index is 6.94. The Bertz CT molecular complexity index is 3470. The van der Waals surface area contributed by atoms with Gasteiger partial charge in [-0.2, -0.15) is 4.58 Å². The summed E-state index contributed by atoms with van der Waals surface area (Å²) < 4.78 is 11.7. The normalized spacial score (nSPS) is 12.2. The van der Waals surface area contributed by atoms with E-state index in [0.717, 1.165) is 83.3 Å². The molecule has 11 aromatic rings. The molecular formula is C54H36N3OS+. The molecule has 3 heterocycles. The molecule has 278 valence electrons. The molecular weight excluding hydrogens is 739 g/mol. The summed E-state index contributed by atoms with van der Waals surface area (Å²) in [5, 5.41) is 5.52. The molecule has 11 rings (SSSR count). The van der Waals surface area contributed by atoms with Crippen molar-refractivity contribution in [1.82, 2.24) is 14.5 Å². The molecule has 0 N–H and O–H groups in total. The van der Waals surface area contributed by atoms with Gasteiger partial charge in [0.25, 0.3) is 5.69 Å². The Labute approximate surface area is 345 Å². The van der Waals surface area contributed by atoms with E-state index in [1.54, 1.807) is 0 Å². The van der Waals surface area contributed by atoms with Gasteiger partial charge in [-0.15, -0.1) is 11.3 Å². The van der Waals surface area contributed by atoms with E-state index in [2.05, 4.69) is 188 Å². The van der Waals surface area contributed by atoms with E-state index >= 15 is 0 Å². The van der Waals surface area contributed by atoms with Gasteiger partial charge in [0, 0.05) is 71.2 Å². The van der Waals surface area contributed by atoms with Crippen molar-refractivity contribution < 1.29 is 4.42 Å². The van der Waals surface area contributed by atoms with E-state index in [9.17, 15) is 0 Å². The van der Waals surface area contributed by atoms with Crippen LogP contribution in [-0.2, 0) is 0 Å². The van der Waals surface area contributed by atoms with E-state index in [1.807, 2.05) is 35.6 Å². The monoisotopic (exact) mass is 774 g/mol. The minimum atomic E-state index is 0.646. The topological polar surface area (TPSA) is 41.9 Å². The lowest BCUT2D eigenvalue weighted by Gasteiger charge is -2.12. The first-order valence-electron chi connectivity index (χ1n) is 19.8. The molecule has 0 atom stereocenters. The number of furan rings is 1. The molecule has 0 aliphatic rings. The highest BCUT2D eigenvalue weighted by Crippen LogP contribution is 2.44. The zero-order valence-corrected chi connectivity index (χ0v) is 33.0. The lowest BCUT2D eigenvalue weighted by Crippen LogP contribution is -2.08. The second-order valence-corrected chi connectivity index (χ2v) is 15.8. The van der Waals surface area contributed by atoms with Crippen molar-refractivity contribution >= 4 is 88.0 Å². The van der Waals surface area contributed by atoms with E-state index in [1.165, 1.54) is 20.2 Å². The maximum atomic E-state index is 6.94. The van der Waals surface area contributed by atoms with Crippen LogP contribution in [0.4, 0.5) is 11.4 Å². The number of allylic oxidation sites excluding steroid dienone is 1. The van der Waals surface area contributed by atoms with Crippen LogP contribution in [0, 0.1) is 0 Å². The van der Waals surface area contributed by atoms with Crippen LogP contribution in [0.2, 0.25) is 0 Å². The second-order valence-electron chi connectivity index (χ2n) is 14.7. The first-order valence-corrected chi connectivity index (χ1v) is 20.7. The Morgan fingerprint density at radius 2 is 1.25 bits per heavy atom. The maximum Gasteiger partial charge on any atom is 0.254 e. The average molecular weight is 775 g/mol. The molecule has 0 amide bonds. The number of benzene rings is 8. The molecule has 0 unspecified atom stereocenters. The van der Waals surface area contributed by atoms with Gasteiger partial charge >= 0.3 is 0 Å². The summed E-state index contributed by atoms with van der Waals surface area (Å²) in [6.45, 7) is 2.06. The van der Waals surface area contributed by atoms with Gasteiger partial charge in [0.1, 0.15) is 5.58 Å². The Balaban J connectivity index is 1.16. The van der Waals surface area contributed by atoms with Crippen molar-refractivity contribution in [2.45, 2.75) is 6.92 Å². The highest BCUT2D eigenvalue weighted by Gasteiger charge is 2.27. The van der Waals surface area contributed by atoms with Crippen molar-refractivity contribution in [1.29, 1.82) is 0 Å². The number of hydrogen-bond donors (Lipinski definition) is 0. The number of aromatic nitrogens is 2. The fraction of sp³-hybridized carbons (Fsp3) is 0.0185. The lowest BCUT2D eigenvalue weighted by atomic mass is 9.99. The van der Waals surface area contributed by atoms with Crippen LogP contribution < -0.4 is 4.58 Å². The zero-order valence-electron chi connectivity index (χ0n) is 32.2. The first-order chi connectivity index (χ1) is 29.2. The fourth-order valence-corrected chi connectivity index (χ4v) is 9.47. The molecule has 3 aromatic heterocycles. The van der Waals surface area contributed by atoms with Crippen LogP contribution in [0.25, 0.3) is 92.9 Å². The van der Waals surface area contributed by atoms with Crippen molar-refractivity contribution in [3.8, 4) is 33.8 Å². The van der Waals surface area contributed by atoms with Gasteiger partial charge in [0.15, 0.2) is 12.0 Å². The largest absolute Gasteiger partial charge is 0.449 e. The van der Waals surface area contributed by atoms with E-state index in [-0.39, 0.29) is 0 Å². The van der Waals surface area contributed by atoms with E-state index in [4.69, 9.17) is 14.4 Å². The summed E-state index contributed by atoms with van der Waals surface area (Å²) in [7, 11) is 0. The Kier molecular flexibility index (Phi) is 8.53. The van der Waals surface area contributed by atoms with Crippen LogP contribution in [0.15, 0.2) is 192 Å². The fourth-order valence-electron chi connectivity index (χ4n) is 8.33. The molecule has 8 aromatic carbocycles. The molecule has 0 spiro atoms. The van der Waals surface area contributed by atoms with Crippen molar-refractivity contribution in [3.63, 3.8) is 0 Å². The predicted octanol–water partition coefficient (Wildman–Crippen LogP) is 14.9. The van der Waals surface area contributed by atoms with Gasteiger partial charge in [0.2, 0.25) is 11.3 Å². The molecule has 5 heteroatoms. The van der Waals surface area contributed by atoms with Crippen LogP contribution in [0.5, 0.6) is 0 Å². The second kappa shape index (κ2) is 14.5. The van der Waals surface area contributed by atoms with Gasteiger partial charge in [-0.1, -0.05) is 133 Å². The lowest BCUT2D eigenvalue weighted by molar-refractivity contribution is 0.667. The number of fused-ring (bicyclic) bond motifs is 7. The summed E-state index contributed by atoms with van der Waals surface area (Å²) in [4.78, 5) is 10.7. The standard InChI is InChI=1S/C54H36N3OS/c1-2-15-35-18-6-7-19-39(35)34-57(40-28-29-42-41-22-10-13-27-49(41)59-50(42)33-40)47-31-30-45(51-44-24-9-12-26-48(44)58-53(47)51)54-55-46-25-11-8-23-43(46)52(56-54)38-21-14-20-37(32-38)36-16-4-3-5-17-36/h2-34H,1H3/q+1/b15-2-,57-34-. The molecule has 0 aliphatic heterocycles. The minimum absolute atomic E-state index is 0.646. The van der Waals surface area contributed by atoms with Gasteiger partial charge in [-0.05, 0) is 66.1 Å². The Hall–Kier alpha value is -7.47. The molecule has 0 radical (unpaired) electrons. The smallest absolute Gasteiger partial charge is 0.254 e. The Morgan fingerprint density at radius 1 is 0.542 bits per heavy atom. The molecule has 4 nitrogen and oxygen atoms in total. The average Bonchev–Trinajstić information content (AvgIpc) is 3.87. The van der Waals surface area contributed by atoms with Crippen molar-refractivity contribution in [2.24, 2.45) is 0 Å². The van der Waals surface area contributed by atoms with Gasteiger partial charge in [-0.3, -0.25) is 0 Å². The highest BCUT2D eigenvalue weighted by atomic mass is 32.1. The van der Waals surface area contributed by atoms with Crippen LogP contribution in [0.1, 0.15) is 18.1 Å². The third-order valence-electron chi connectivity index (χ3n) is 11.1. The predicted molar refractivity (Wildman–Crippen MR) is 250 cm³/mol. The molecule has 0 bridgehead atoms. The van der Waals surface area contributed by atoms with Crippen molar-refractivity contribution in [3.05, 3.63) is 199 Å². The highest BCUT2D eigenvalue weighted by molar-refractivity contribution is 7.25. The summed E-state index contributed by atoms with van der Waals surface area (Å²) >= 11 is 1.82. The van der Waals surface area contributed by atoms with Gasteiger partial charge < -0.3 is 4.42 Å². The Morgan fingerprint density at radius 3 is 2.14 bits per heavy atom. The number of thiophene rings is 1. The summed E-state index contributed by atoms with van der Waals surface area (Å²) in [5.74, 6) is 0.646. The van der Waals surface area contributed by atoms with Gasteiger partial charge in [-0.25, -0.2) is 9.97 Å².